The number of hydrogen-bond donors (Lipinski definition) is 5. The number of ether oxygens (including phenoxy) is 1. The number of unbranched alkanes of at least 4 members (excludes halogenated alkanes) is 87. The molecule has 3 aliphatic rings. The van der Waals surface area contributed by atoms with Gasteiger partial charge in [0.1, 0.15) is 11.9 Å². The molecule has 137 heavy (non-hydrogen) atoms. The molecule has 7 nitrogen and oxygen atoms in total. The SMILES string of the molecule is CCCCCCCCCCCCCCCCCCCCCCCCCCCCCCCCCC1(O)CC(C)(C)C2C3C(\C=C/C=C/C=C\C(O)C(CCCCCCCCCCCCCCCCCCCCCCCCCCCCCCC)C(O)C/C=C(CO)/C=C/C(=O)OC3c3ccc(O)cc3)C(CCCCCCCCCCCCCCCCCCCCCCCCCCCCCCCC)=CC21. The summed E-state index contributed by atoms with van der Waals surface area (Å²) in [5.74, 6) is -1.38. The van der Waals surface area contributed by atoms with Crippen molar-refractivity contribution in [1.82, 2.24) is 0 Å². The number of phenols is 1. The van der Waals surface area contributed by atoms with Crippen molar-refractivity contribution in [3.63, 3.8) is 0 Å². The number of allylic oxidation sites excluding steroid dienone is 6. The summed E-state index contributed by atoms with van der Waals surface area (Å²) >= 11 is 0. The standard InChI is InChI=1S/C130H234O7/c1-6-9-12-15-18-21-24-27-30-33-36-39-42-45-48-51-53-56-59-62-65-68-71-74-77-80-83-86-89-94-99-112-130(136)115-129(4,5)127-122(130)113-118(100-95-90-87-84-81-78-75-72-69-66-63-60-57-55-52-49-46-43-40-37-34-31-28-25-22-19-16-13-10-7-2)120-101-96-92-93-98-103-123(133)121(124(134)110-104-116(114-131)105-111-125(135)137-128(126(120)127)117-106-108-119(132)109-107-117)102-97-91-88-85-82-79-76-73-70-67-64-61-58-54-50-47-44-41-38-35-32-29-26-23-20-17-14-11-8-3/h92-93,96,98,101,103-109,111,113,120-124,126-128,131-134,136H,6-91,94-95,97,99-100,102,110,112,114-115H2,1-5H3/b93-92+,101-96-,103-98-,111-105+,116-104-. The predicted molar refractivity (Wildman–Crippen MR) is 601 cm³/mol. The number of phenolic OH excluding ortho intramolecular Hbond substituents is 1. The fourth-order valence-corrected chi connectivity index (χ4v) is 24.2. The minimum absolute atomic E-state index is 0.0596. The van der Waals surface area contributed by atoms with Gasteiger partial charge < -0.3 is 30.3 Å². The van der Waals surface area contributed by atoms with Crippen LogP contribution in [-0.4, -0.2) is 55.9 Å². The number of fused-ring (bicyclic) bond motifs is 3. The molecular formula is C130H234O7. The van der Waals surface area contributed by atoms with Crippen LogP contribution in [0.4, 0.5) is 0 Å². The largest absolute Gasteiger partial charge is 0.508 e. The Morgan fingerprint density at radius 3 is 0.920 bits per heavy atom. The molecule has 796 valence electrons. The second-order valence-corrected chi connectivity index (χ2v) is 46.0. The highest BCUT2D eigenvalue weighted by molar-refractivity contribution is 5.82. The van der Waals surface area contributed by atoms with Crippen molar-refractivity contribution in [2.75, 3.05) is 6.61 Å². The van der Waals surface area contributed by atoms with Gasteiger partial charge in [0.25, 0.3) is 0 Å². The first-order valence-corrected chi connectivity index (χ1v) is 62.2. The summed E-state index contributed by atoms with van der Waals surface area (Å²) < 4.78 is 6.94. The molecule has 1 fully saturated rings. The van der Waals surface area contributed by atoms with Crippen LogP contribution in [0.1, 0.15) is 656 Å². The van der Waals surface area contributed by atoms with Crippen LogP contribution in [0.5, 0.6) is 5.75 Å². The lowest BCUT2D eigenvalue weighted by atomic mass is 9.58. The third-order valence-corrected chi connectivity index (χ3v) is 32.9. The maximum Gasteiger partial charge on any atom is 0.331 e. The molecule has 1 aromatic carbocycles. The highest BCUT2D eigenvalue weighted by Gasteiger charge is 2.62. The number of rotatable bonds is 95. The molecule has 9 unspecified atom stereocenters. The first-order valence-electron chi connectivity index (χ1n) is 62.2. The number of aromatic hydroxyl groups is 1. The molecule has 4 rings (SSSR count). The van der Waals surface area contributed by atoms with Gasteiger partial charge >= 0.3 is 5.97 Å². The Labute approximate surface area is 853 Å². The summed E-state index contributed by atoms with van der Waals surface area (Å²) in [6.07, 6.45) is 144. The Balaban J connectivity index is 1.30. The van der Waals surface area contributed by atoms with Gasteiger partial charge in [-0.25, -0.2) is 4.79 Å². The number of hydrogen-bond acceptors (Lipinski definition) is 7. The first kappa shape index (κ1) is 126. The average molecular weight is 1910 g/mol. The molecule has 7 heteroatoms. The molecule has 0 amide bonds. The van der Waals surface area contributed by atoms with Crippen molar-refractivity contribution >= 4 is 5.97 Å². The Hall–Kier alpha value is -3.23. The molecule has 0 aromatic heterocycles. The quantitative estimate of drug-likeness (QED) is 0.0250. The summed E-state index contributed by atoms with van der Waals surface area (Å²) in [6, 6.07) is 7.25. The summed E-state index contributed by atoms with van der Waals surface area (Å²) in [6.45, 7) is 11.3. The number of aliphatic hydroxyl groups is 4. The van der Waals surface area contributed by atoms with Crippen LogP contribution >= 0.6 is 0 Å². The zero-order valence-corrected chi connectivity index (χ0v) is 92.1. The fourth-order valence-electron chi connectivity index (χ4n) is 24.2. The molecule has 0 spiro atoms. The number of aliphatic hydroxyl groups excluding tert-OH is 3. The maximum absolute atomic E-state index is 14.8. The molecule has 1 heterocycles. The monoisotopic (exact) mass is 1910 g/mol. The zero-order valence-electron chi connectivity index (χ0n) is 92.1. The van der Waals surface area contributed by atoms with Gasteiger partial charge in [-0.15, -0.1) is 0 Å². The van der Waals surface area contributed by atoms with Gasteiger partial charge in [0.15, 0.2) is 0 Å². The van der Waals surface area contributed by atoms with Crippen molar-refractivity contribution in [2.45, 2.75) is 669 Å². The highest BCUT2D eigenvalue weighted by atomic mass is 16.5. The van der Waals surface area contributed by atoms with E-state index >= 15 is 0 Å². The van der Waals surface area contributed by atoms with Crippen molar-refractivity contribution in [1.29, 1.82) is 0 Å². The Kier molecular flexibility index (Phi) is 84.1. The lowest BCUT2D eigenvalue weighted by molar-refractivity contribution is -0.150. The second kappa shape index (κ2) is 91.5. The lowest BCUT2D eigenvalue weighted by Crippen LogP contribution is -2.45. The van der Waals surface area contributed by atoms with Crippen molar-refractivity contribution < 1.29 is 35.1 Å². The highest BCUT2D eigenvalue weighted by Crippen LogP contribution is 2.64. The van der Waals surface area contributed by atoms with Crippen LogP contribution in [0.15, 0.2) is 96.2 Å². The summed E-state index contributed by atoms with van der Waals surface area (Å²) in [5.41, 5.74) is 1.36. The molecule has 1 saturated carbocycles. The van der Waals surface area contributed by atoms with Crippen molar-refractivity contribution in [2.24, 2.45) is 35.0 Å². The van der Waals surface area contributed by atoms with Crippen molar-refractivity contribution in [3.05, 3.63) is 102 Å². The number of esters is 1. The van der Waals surface area contributed by atoms with E-state index in [0.717, 1.165) is 63.4 Å². The van der Waals surface area contributed by atoms with Crippen LogP contribution in [0.25, 0.3) is 0 Å². The van der Waals surface area contributed by atoms with Crippen LogP contribution in [0.3, 0.4) is 0 Å². The molecule has 0 radical (unpaired) electrons. The number of cyclic esters (lactones) is 1. The van der Waals surface area contributed by atoms with Gasteiger partial charge in [0, 0.05) is 29.7 Å². The van der Waals surface area contributed by atoms with Crippen LogP contribution in [0, 0.1) is 35.0 Å². The third kappa shape index (κ3) is 68.0. The van der Waals surface area contributed by atoms with Crippen LogP contribution < -0.4 is 0 Å². The molecular weight excluding hydrogens is 1670 g/mol. The number of carbonyl (C=O) groups excluding carboxylic acids is 1. The van der Waals surface area contributed by atoms with E-state index in [-0.39, 0.29) is 47.9 Å². The van der Waals surface area contributed by atoms with Gasteiger partial charge in [-0.05, 0) is 79.2 Å². The normalized spacial score (nSPS) is 21.1. The Morgan fingerprint density at radius 1 is 0.343 bits per heavy atom. The van der Waals surface area contributed by atoms with Crippen molar-refractivity contribution in [3.8, 4) is 5.75 Å². The van der Waals surface area contributed by atoms with E-state index in [1.54, 1.807) is 18.2 Å². The van der Waals surface area contributed by atoms with E-state index in [1.165, 1.54) is 545 Å². The topological polar surface area (TPSA) is 127 Å². The molecule has 1 aliphatic heterocycles. The van der Waals surface area contributed by atoms with E-state index in [4.69, 9.17) is 4.74 Å². The van der Waals surface area contributed by atoms with Gasteiger partial charge in [0.05, 0.1) is 24.4 Å². The maximum atomic E-state index is 14.8. The zero-order chi connectivity index (χ0) is 98.0. The van der Waals surface area contributed by atoms with Crippen LogP contribution in [-0.2, 0) is 9.53 Å². The molecule has 0 saturated heterocycles. The molecule has 5 N–H and O–H groups in total. The van der Waals surface area contributed by atoms with E-state index < -0.39 is 35.8 Å². The fraction of sp³-hybridized carbons (Fsp3) is 0.854. The van der Waals surface area contributed by atoms with Gasteiger partial charge in [-0.2, -0.15) is 0 Å². The Morgan fingerprint density at radius 2 is 0.620 bits per heavy atom. The molecule has 0 bridgehead atoms. The number of benzene rings is 1. The number of carbonyl (C=O) groups is 1. The molecule has 1 aromatic rings. The van der Waals surface area contributed by atoms with E-state index in [2.05, 4.69) is 58.9 Å². The lowest BCUT2D eigenvalue weighted by Gasteiger charge is -2.48. The average Bonchev–Trinajstić information content (AvgIpc) is 1.47. The third-order valence-electron chi connectivity index (χ3n) is 32.9. The van der Waals surface area contributed by atoms with E-state index in [0.29, 0.717) is 18.4 Å². The second-order valence-electron chi connectivity index (χ2n) is 46.0. The summed E-state index contributed by atoms with van der Waals surface area (Å²) in [5, 5.41) is 59.2. The van der Waals surface area contributed by atoms with Gasteiger partial charge in [-0.1, -0.05) is 672 Å². The summed E-state index contributed by atoms with van der Waals surface area (Å²) in [7, 11) is 0. The van der Waals surface area contributed by atoms with E-state index in [9.17, 15) is 30.3 Å². The van der Waals surface area contributed by atoms with Gasteiger partial charge in [0.2, 0.25) is 0 Å². The van der Waals surface area contributed by atoms with Crippen LogP contribution in [0.2, 0.25) is 0 Å². The molecule has 9 atom stereocenters. The minimum Gasteiger partial charge on any atom is -0.508 e. The molecule has 2 aliphatic carbocycles. The van der Waals surface area contributed by atoms with E-state index in [1.807, 2.05) is 36.4 Å². The Bertz CT molecular complexity index is 2970. The smallest absolute Gasteiger partial charge is 0.331 e. The summed E-state index contributed by atoms with van der Waals surface area (Å²) in [4.78, 5) is 14.8. The first-order chi connectivity index (χ1) is 67.4. The minimum atomic E-state index is -0.933. The predicted octanol–water partition coefficient (Wildman–Crippen LogP) is 41.8. The van der Waals surface area contributed by atoms with Gasteiger partial charge in [-0.3, -0.25) is 0 Å².